The predicted octanol–water partition coefficient (Wildman–Crippen LogP) is 6.87. The fraction of sp³-hybridized carbons (Fsp3) is 0.429. The van der Waals surface area contributed by atoms with Crippen LogP contribution in [-0.2, 0) is 23.6 Å². The van der Waals surface area contributed by atoms with Crippen molar-refractivity contribution in [3.05, 3.63) is 100 Å². The van der Waals surface area contributed by atoms with Gasteiger partial charge in [-0.25, -0.2) is 0 Å². The average molecular weight is 663 g/mol. The summed E-state index contributed by atoms with van der Waals surface area (Å²) in [6.45, 7) is 9.11. The number of likely N-dealkylation sites (tertiary alicyclic amines) is 1. The van der Waals surface area contributed by atoms with Crippen LogP contribution in [0.1, 0.15) is 57.9 Å². The highest BCUT2D eigenvalue weighted by atomic mass is 19.4. The molecule has 0 saturated carbocycles. The second-order valence-electron chi connectivity index (χ2n) is 12.2. The molecular formula is C35H40F6N4O2. The molecular weight excluding hydrogens is 622 g/mol. The van der Waals surface area contributed by atoms with E-state index in [2.05, 4.69) is 47.6 Å². The Morgan fingerprint density at radius 2 is 1.32 bits per heavy atom. The van der Waals surface area contributed by atoms with Crippen LogP contribution < -0.4 is 10.6 Å². The smallest absolute Gasteiger partial charge is 0.370 e. The maximum Gasteiger partial charge on any atom is 0.416 e. The lowest BCUT2D eigenvalue weighted by molar-refractivity contribution is -0.143. The minimum absolute atomic E-state index is 0.0581. The summed E-state index contributed by atoms with van der Waals surface area (Å²) in [7, 11) is 0. The number of halogens is 6. The molecule has 3 aromatic rings. The van der Waals surface area contributed by atoms with Crippen molar-refractivity contribution in [1.82, 2.24) is 9.80 Å². The normalized spacial score (nSPS) is 19.2. The lowest BCUT2D eigenvalue weighted by atomic mass is 9.90. The number of piperidine rings is 1. The summed E-state index contributed by atoms with van der Waals surface area (Å²) in [4.78, 5) is 29.2. The summed E-state index contributed by atoms with van der Waals surface area (Å²) in [5.41, 5.74) is 5.57. The molecule has 2 aliphatic heterocycles. The first-order chi connectivity index (χ1) is 22.0. The molecule has 3 aromatic carbocycles. The van der Waals surface area contributed by atoms with Crippen LogP contribution in [0.4, 0.5) is 32.0 Å². The highest BCUT2D eigenvalue weighted by Gasteiger charge is 2.40. The average Bonchev–Trinajstić information content (AvgIpc) is 3.00. The van der Waals surface area contributed by atoms with Gasteiger partial charge < -0.3 is 15.5 Å². The highest BCUT2D eigenvalue weighted by molar-refractivity contribution is 5.95. The van der Waals surface area contributed by atoms with E-state index in [0.29, 0.717) is 31.4 Å². The van der Waals surface area contributed by atoms with Crippen LogP contribution in [0.5, 0.6) is 0 Å². The summed E-state index contributed by atoms with van der Waals surface area (Å²) in [6.07, 6.45) is -8.42. The van der Waals surface area contributed by atoms with Crippen molar-refractivity contribution in [2.75, 3.05) is 37.6 Å². The third kappa shape index (κ3) is 9.27. The van der Waals surface area contributed by atoms with Gasteiger partial charge in [0, 0.05) is 63.0 Å². The maximum absolute atomic E-state index is 13.7. The Morgan fingerprint density at radius 3 is 1.83 bits per heavy atom. The Balaban J connectivity index is 0.00000118. The van der Waals surface area contributed by atoms with Gasteiger partial charge in [-0.3, -0.25) is 14.5 Å². The molecule has 2 N–H and O–H groups in total. The Kier molecular flexibility index (Phi) is 11.3. The first kappa shape index (κ1) is 35.8. The Bertz CT molecular complexity index is 1480. The number of rotatable bonds is 5. The van der Waals surface area contributed by atoms with E-state index < -0.39 is 35.0 Å². The molecule has 254 valence electrons. The molecule has 2 saturated heterocycles. The number of benzene rings is 3. The first-order valence-electron chi connectivity index (χ1n) is 15.5. The van der Waals surface area contributed by atoms with E-state index >= 15 is 0 Å². The van der Waals surface area contributed by atoms with E-state index in [1.165, 1.54) is 28.6 Å². The molecule has 2 atom stereocenters. The largest absolute Gasteiger partial charge is 0.416 e. The number of hydrogen-bond donors (Lipinski definition) is 1. The van der Waals surface area contributed by atoms with Gasteiger partial charge in [-0.15, -0.1) is 0 Å². The van der Waals surface area contributed by atoms with E-state index in [0.717, 1.165) is 31.7 Å². The molecule has 2 fully saturated rings. The number of anilines is 1. The van der Waals surface area contributed by atoms with Crippen LogP contribution >= 0.6 is 0 Å². The lowest BCUT2D eigenvalue weighted by Gasteiger charge is -2.47. The summed E-state index contributed by atoms with van der Waals surface area (Å²) in [6, 6.07) is 16.6. The molecule has 0 aliphatic carbocycles. The number of aryl methyl sites for hydroxylation is 2. The lowest BCUT2D eigenvalue weighted by Crippen LogP contribution is -2.57. The number of para-hydroxylation sites is 1. The molecule has 2 unspecified atom stereocenters. The number of hydrogen-bond acceptors (Lipinski definition) is 4. The van der Waals surface area contributed by atoms with E-state index in [9.17, 15) is 35.9 Å². The van der Waals surface area contributed by atoms with E-state index in [-0.39, 0.29) is 30.6 Å². The van der Waals surface area contributed by atoms with Gasteiger partial charge >= 0.3 is 12.4 Å². The predicted molar refractivity (Wildman–Crippen MR) is 169 cm³/mol. The fourth-order valence-electron chi connectivity index (χ4n) is 6.57. The van der Waals surface area contributed by atoms with Crippen molar-refractivity contribution in [2.24, 2.45) is 5.73 Å². The quantitative estimate of drug-likeness (QED) is 0.303. The number of alkyl halides is 6. The summed E-state index contributed by atoms with van der Waals surface area (Å²) >= 11 is 0. The van der Waals surface area contributed by atoms with Crippen LogP contribution in [0.2, 0.25) is 0 Å². The zero-order valence-corrected chi connectivity index (χ0v) is 26.7. The number of nitrogens with zero attached hydrogens (tertiary/aromatic N) is 3. The Hall–Kier alpha value is -4.06. The van der Waals surface area contributed by atoms with E-state index in [1.807, 2.05) is 30.3 Å². The number of nitrogens with two attached hydrogens (primary N) is 1. The standard InChI is InChI=1S/C33H35F6N3O.C2H5NO/c1-22-7-6-8-23(2)30(22)41-15-13-40(14-16-41)28-11-12-42(29(21-28)17-24-9-4-3-5-10-24)31(43)25-18-26(32(34,35)36)20-27(19-25)33(37,38)39;1-2(3)4/h3-10,18-20,28-29H,11-17,21H2,1-2H3;1H3,(H2,3,4). The third-order valence-corrected chi connectivity index (χ3v) is 8.68. The third-order valence-electron chi connectivity index (χ3n) is 8.68. The van der Waals surface area contributed by atoms with Crippen molar-refractivity contribution in [1.29, 1.82) is 0 Å². The first-order valence-corrected chi connectivity index (χ1v) is 15.5. The zero-order valence-electron chi connectivity index (χ0n) is 26.7. The van der Waals surface area contributed by atoms with Gasteiger partial charge in [-0.2, -0.15) is 26.3 Å². The minimum atomic E-state index is -5.02. The second-order valence-corrected chi connectivity index (χ2v) is 12.2. The van der Waals surface area contributed by atoms with Crippen molar-refractivity contribution >= 4 is 17.5 Å². The number of primary amides is 1. The van der Waals surface area contributed by atoms with Gasteiger partial charge in [0.25, 0.3) is 5.91 Å². The van der Waals surface area contributed by atoms with Gasteiger partial charge in [0.2, 0.25) is 5.91 Å². The summed E-state index contributed by atoms with van der Waals surface area (Å²) in [5, 5.41) is 0. The molecule has 0 aromatic heterocycles. The Morgan fingerprint density at radius 1 is 0.787 bits per heavy atom. The number of piperazine rings is 1. The van der Waals surface area contributed by atoms with E-state index in [4.69, 9.17) is 0 Å². The molecule has 0 bridgehead atoms. The monoisotopic (exact) mass is 662 g/mol. The second kappa shape index (κ2) is 14.8. The number of carbonyl (C=O) groups excluding carboxylic acids is 2. The molecule has 0 spiro atoms. The zero-order chi connectivity index (χ0) is 34.5. The van der Waals surface area contributed by atoms with Gasteiger partial charge in [0.05, 0.1) is 11.1 Å². The van der Waals surface area contributed by atoms with Gasteiger partial charge in [-0.1, -0.05) is 48.5 Å². The number of carbonyl (C=O) groups is 2. The minimum Gasteiger partial charge on any atom is -0.370 e. The molecule has 5 rings (SSSR count). The van der Waals surface area contributed by atoms with Crippen molar-refractivity contribution in [3.8, 4) is 0 Å². The van der Waals surface area contributed by atoms with Crippen LogP contribution in [0.25, 0.3) is 0 Å². The molecule has 2 amide bonds. The van der Waals surface area contributed by atoms with Gasteiger partial charge in [-0.05, 0) is 68.0 Å². The van der Waals surface area contributed by atoms with Crippen LogP contribution in [0, 0.1) is 13.8 Å². The van der Waals surface area contributed by atoms with Crippen molar-refractivity contribution in [3.63, 3.8) is 0 Å². The number of amides is 2. The fourth-order valence-corrected chi connectivity index (χ4v) is 6.57. The molecule has 12 heteroatoms. The summed E-state index contributed by atoms with van der Waals surface area (Å²) in [5.74, 6) is -1.14. The van der Waals surface area contributed by atoms with Crippen molar-refractivity contribution < 1.29 is 35.9 Å². The maximum atomic E-state index is 13.7. The Labute approximate surface area is 271 Å². The van der Waals surface area contributed by atoms with Gasteiger partial charge in [0.1, 0.15) is 0 Å². The van der Waals surface area contributed by atoms with E-state index in [1.54, 1.807) is 0 Å². The van der Waals surface area contributed by atoms with Crippen LogP contribution in [0.15, 0.2) is 66.7 Å². The van der Waals surface area contributed by atoms with Crippen molar-refractivity contribution in [2.45, 2.75) is 64.5 Å². The van der Waals surface area contributed by atoms with Crippen LogP contribution in [-0.4, -0.2) is 66.4 Å². The molecule has 47 heavy (non-hydrogen) atoms. The van der Waals surface area contributed by atoms with Crippen LogP contribution in [0.3, 0.4) is 0 Å². The van der Waals surface area contributed by atoms with Gasteiger partial charge in [0.15, 0.2) is 0 Å². The SMILES string of the molecule is CC(N)=O.Cc1cccc(C)c1N1CCN(C2CCN(C(=O)c3cc(C(F)(F)F)cc(C(F)(F)F)c3)C(Cc3ccccc3)C2)CC1. The molecule has 2 aliphatic rings. The highest BCUT2D eigenvalue weighted by Crippen LogP contribution is 2.37. The summed E-state index contributed by atoms with van der Waals surface area (Å²) < 4.78 is 81.3. The molecule has 6 nitrogen and oxygen atoms in total. The topological polar surface area (TPSA) is 69.9 Å². The molecule has 2 heterocycles. The molecule has 0 radical (unpaired) electrons.